The van der Waals surface area contributed by atoms with Crippen molar-refractivity contribution in [2.75, 3.05) is 13.1 Å². The van der Waals surface area contributed by atoms with Crippen LogP contribution < -0.4 is 11.2 Å². The summed E-state index contributed by atoms with van der Waals surface area (Å²) < 4.78 is 2.75. The topological polar surface area (TPSA) is 60.1 Å². The van der Waals surface area contributed by atoms with Crippen LogP contribution >= 0.6 is 11.3 Å². The molecule has 0 saturated carbocycles. The molecule has 0 aromatic carbocycles. The number of rotatable bonds is 3. The third-order valence-corrected chi connectivity index (χ3v) is 7.05. The van der Waals surface area contributed by atoms with Crippen molar-refractivity contribution >= 4 is 11.3 Å². The molecule has 2 aromatic heterocycles. The highest BCUT2D eigenvalue weighted by atomic mass is 32.1. The van der Waals surface area contributed by atoms with Crippen LogP contribution in [0.4, 0.5) is 0 Å². The summed E-state index contributed by atoms with van der Waals surface area (Å²) in [5.74, 6) is 0.475. The highest BCUT2D eigenvalue weighted by molar-refractivity contribution is 7.11. The van der Waals surface area contributed by atoms with Crippen molar-refractivity contribution in [1.82, 2.24) is 19.0 Å². The van der Waals surface area contributed by atoms with Crippen molar-refractivity contribution in [1.29, 1.82) is 0 Å². The Bertz CT molecular complexity index is 903. The number of likely N-dealkylation sites (tertiary alicyclic amines) is 1. The van der Waals surface area contributed by atoms with Crippen molar-refractivity contribution in [2.24, 2.45) is 14.1 Å². The number of hydrogen-bond donors (Lipinski definition) is 0. The minimum Gasteiger partial charge on any atom is -0.299 e. The molecule has 26 heavy (non-hydrogen) atoms. The van der Waals surface area contributed by atoms with Gasteiger partial charge in [0.1, 0.15) is 0 Å². The van der Waals surface area contributed by atoms with Gasteiger partial charge in [0.05, 0.1) is 10.7 Å². The smallest absolute Gasteiger partial charge is 0.299 e. The van der Waals surface area contributed by atoms with Gasteiger partial charge < -0.3 is 0 Å². The molecule has 0 N–H and O–H groups in total. The van der Waals surface area contributed by atoms with Crippen LogP contribution in [0.25, 0.3) is 0 Å². The molecule has 1 fully saturated rings. The lowest BCUT2D eigenvalue weighted by Gasteiger charge is -2.32. The van der Waals surface area contributed by atoms with Crippen LogP contribution in [-0.4, -0.2) is 32.1 Å². The fourth-order valence-electron chi connectivity index (χ4n) is 4.11. The molecule has 0 spiro atoms. The monoisotopic (exact) mass is 374 g/mol. The van der Waals surface area contributed by atoms with E-state index < -0.39 is 0 Å². The summed E-state index contributed by atoms with van der Waals surface area (Å²) in [5, 5.41) is 1.29. The van der Waals surface area contributed by atoms with Gasteiger partial charge in [-0.3, -0.25) is 18.8 Å². The van der Waals surface area contributed by atoms with E-state index in [1.54, 1.807) is 17.7 Å². The molecule has 0 bridgehead atoms. The second-order valence-electron chi connectivity index (χ2n) is 7.58. The second-order valence-corrected chi connectivity index (χ2v) is 8.69. The number of fused-ring (bicyclic) bond motifs is 1. The number of aromatic nitrogens is 3. The Morgan fingerprint density at radius 3 is 2.77 bits per heavy atom. The first-order chi connectivity index (χ1) is 12.5. The van der Waals surface area contributed by atoms with E-state index >= 15 is 0 Å². The molecule has 1 unspecified atom stereocenters. The van der Waals surface area contributed by atoms with Crippen LogP contribution in [0.5, 0.6) is 0 Å². The molecule has 3 heterocycles. The highest BCUT2D eigenvalue weighted by Crippen LogP contribution is 2.34. The van der Waals surface area contributed by atoms with Crippen molar-refractivity contribution in [3.8, 4) is 0 Å². The third-order valence-electron chi connectivity index (χ3n) is 5.73. The fourth-order valence-corrected chi connectivity index (χ4v) is 5.39. The van der Waals surface area contributed by atoms with Gasteiger partial charge in [-0.2, -0.15) is 0 Å². The minimum atomic E-state index is -0.256. The third kappa shape index (κ3) is 3.30. The van der Waals surface area contributed by atoms with Gasteiger partial charge in [-0.1, -0.05) is 0 Å². The zero-order chi connectivity index (χ0) is 18.3. The molecule has 2 aromatic rings. The molecule has 0 amide bonds. The Morgan fingerprint density at radius 2 is 1.96 bits per heavy atom. The lowest BCUT2D eigenvalue weighted by atomic mass is 9.98. The minimum absolute atomic E-state index is 0.232. The van der Waals surface area contributed by atoms with E-state index in [0.29, 0.717) is 12.5 Å². The Hall–Kier alpha value is -1.73. The first kappa shape index (κ1) is 17.7. The average molecular weight is 375 g/mol. The summed E-state index contributed by atoms with van der Waals surface area (Å²) in [7, 11) is 3.27. The Morgan fingerprint density at radius 1 is 1.15 bits per heavy atom. The number of thiazole rings is 1. The van der Waals surface area contributed by atoms with E-state index in [-0.39, 0.29) is 11.2 Å². The number of hydrogen-bond acceptors (Lipinski definition) is 5. The predicted octanol–water partition coefficient (Wildman–Crippen LogP) is 1.80. The van der Waals surface area contributed by atoms with Gasteiger partial charge in [-0.15, -0.1) is 11.3 Å². The maximum absolute atomic E-state index is 12.1. The van der Waals surface area contributed by atoms with E-state index in [2.05, 4.69) is 4.90 Å². The maximum atomic E-state index is 12.1. The van der Waals surface area contributed by atoms with Crippen LogP contribution in [0.1, 0.15) is 52.9 Å². The first-order valence-electron chi connectivity index (χ1n) is 9.49. The number of nitrogens with zero attached hydrogens (tertiary/aromatic N) is 4. The van der Waals surface area contributed by atoms with Crippen LogP contribution in [0.3, 0.4) is 0 Å². The predicted molar refractivity (Wildman–Crippen MR) is 103 cm³/mol. The summed E-state index contributed by atoms with van der Waals surface area (Å²) in [4.78, 5) is 32.9. The molecule has 7 heteroatoms. The van der Waals surface area contributed by atoms with E-state index in [1.807, 2.05) is 11.3 Å². The van der Waals surface area contributed by atoms with Crippen molar-refractivity contribution in [2.45, 2.75) is 51.0 Å². The van der Waals surface area contributed by atoms with Gasteiger partial charge in [-0.05, 0) is 45.1 Å². The van der Waals surface area contributed by atoms with Crippen molar-refractivity contribution in [3.05, 3.63) is 48.2 Å². The molecule has 1 atom stereocenters. The van der Waals surface area contributed by atoms with Gasteiger partial charge in [0, 0.05) is 49.7 Å². The molecule has 140 valence electrons. The molecule has 6 nitrogen and oxygen atoms in total. The normalized spacial score (nSPS) is 20.9. The van der Waals surface area contributed by atoms with Crippen LogP contribution in [0, 0.1) is 0 Å². The lowest BCUT2D eigenvalue weighted by Crippen LogP contribution is -2.41. The second kappa shape index (κ2) is 7.12. The van der Waals surface area contributed by atoms with E-state index in [1.165, 1.54) is 48.3 Å². The average Bonchev–Trinajstić information content (AvgIpc) is 3.09. The van der Waals surface area contributed by atoms with Gasteiger partial charge in [-0.25, -0.2) is 9.78 Å². The van der Waals surface area contributed by atoms with Gasteiger partial charge in [0.25, 0.3) is 5.56 Å². The summed E-state index contributed by atoms with van der Waals surface area (Å²) in [6.45, 7) is 2.60. The van der Waals surface area contributed by atoms with Crippen molar-refractivity contribution in [3.63, 3.8) is 0 Å². The molecule has 1 aliphatic carbocycles. The number of piperidine rings is 1. The maximum Gasteiger partial charge on any atom is 0.330 e. The summed E-state index contributed by atoms with van der Waals surface area (Å²) >= 11 is 1.91. The van der Waals surface area contributed by atoms with Gasteiger partial charge in [0.2, 0.25) is 0 Å². The standard InChI is InChI=1S/C19H26N4O2S/c1-21-14(10-17(24)22(2)19(21)25)12-23-9-5-6-13(11-23)18-20-15-7-3-4-8-16(15)26-18/h10,13H,3-9,11-12H2,1-2H3. The lowest BCUT2D eigenvalue weighted by molar-refractivity contribution is 0.195. The van der Waals surface area contributed by atoms with Crippen LogP contribution in [-0.2, 0) is 33.5 Å². The Balaban J connectivity index is 1.52. The highest BCUT2D eigenvalue weighted by Gasteiger charge is 2.26. The zero-order valence-corrected chi connectivity index (χ0v) is 16.3. The molecule has 2 aliphatic rings. The summed E-state index contributed by atoms with van der Waals surface area (Å²) in [6.07, 6.45) is 7.20. The fraction of sp³-hybridized carbons (Fsp3) is 0.632. The van der Waals surface area contributed by atoms with Gasteiger partial charge in [0.15, 0.2) is 0 Å². The van der Waals surface area contributed by atoms with Crippen LogP contribution in [0.15, 0.2) is 15.7 Å². The Kier molecular flexibility index (Phi) is 4.84. The van der Waals surface area contributed by atoms with Crippen molar-refractivity contribution < 1.29 is 0 Å². The summed E-state index contributed by atoms with van der Waals surface area (Å²) in [6, 6.07) is 1.59. The quantitative estimate of drug-likeness (QED) is 0.822. The van der Waals surface area contributed by atoms with E-state index in [9.17, 15) is 9.59 Å². The Labute approximate surface area is 157 Å². The molecule has 1 aliphatic heterocycles. The molecule has 0 radical (unpaired) electrons. The zero-order valence-electron chi connectivity index (χ0n) is 15.5. The first-order valence-corrected chi connectivity index (χ1v) is 10.3. The van der Waals surface area contributed by atoms with Crippen LogP contribution in [0.2, 0.25) is 0 Å². The largest absolute Gasteiger partial charge is 0.330 e. The molecular weight excluding hydrogens is 348 g/mol. The summed E-state index contributed by atoms with van der Waals surface area (Å²) in [5.41, 5.74) is 1.64. The molecule has 4 rings (SSSR count). The SMILES string of the molecule is Cn1c(CN2CCCC(c3nc4c(s3)CCCC4)C2)cc(=O)n(C)c1=O. The van der Waals surface area contributed by atoms with E-state index in [4.69, 9.17) is 4.98 Å². The van der Waals surface area contributed by atoms with Gasteiger partial charge >= 0.3 is 5.69 Å². The molecular formula is C19H26N4O2S. The van der Waals surface area contributed by atoms with E-state index in [0.717, 1.165) is 36.2 Å². The molecule has 1 saturated heterocycles. The number of aryl methyl sites for hydroxylation is 2.